The first-order valence-electron chi connectivity index (χ1n) is 12.1. The van der Waals surface area contributed by atoms with Crippen LogP contribution < -0.4 is 4.74 Å². The molecule has 0 aliphatic heterocycles. The van der Waals surface area contributed by atoms with Crippen molar-refractivity contribution >= 4 is 5.97 Å². The second kappa shape index (κ2) is 8.55. The minimum absolute atomic E-state index is 0.0689. The maximum Gasteiger partial charge on any atom is 0.303 e. The number of ether oxygens (including phenoxy) is 1. The smallest absolute Gasteiger partial charge is 0.303 e. The molecule has 0 spiro atoms. The van der Waals surface area contributed by atoms with Crippen molar-refractivity contribution in [2.75, 3.05) is 0 Å². The monoisotopic (exact) mass is 434 g/mol. The molecule has 2 fully saturated rings. The minimum atomic E-state index is -0.757. The van der Waals surface area contributed by atoms with Crippen LogP contribution in [0.1, 0.15) is 68.1 Å². The van der Waals surface area contributed by atoms with Gasteiger partial charge in [0.2, 0.25) is 0 Å². The van der Waals surface area contributed by atoms with Gasteiger partial charge in [0.05, 0.1) is 6.10 Å². The molecule has 0 amide bonds. The predicted molar refractivity (Wildman–Crippen MR) is 124 cm³/mol. The Morgan fingerprint density at radius 2 is 1.97 bits per heavy atom. The zero-order chi connectivity index (χ0) is 22.3. The van der Waals surface area contributed by atoms with Gasteiger partial charge in [-0.3, -0.25) is 4.79 Å². The molecular weight excluding hydrogens is 400 g/mol. The molecule has 2 aromatic rings. The largest absolute Gasteiger partial charge is 0.489 e. The van der Waals surface area contributed by atoms with Crippen molar-refractivity contribution in [2.45, 2.75) is 70.5 Å². The molecule has 2 aromatic carbocycles. The highest BCUT2D eigenvalue weighted by Gasteiger charge is 2.57. The highest BCUT2D eigenvalue weighted by atomic mass is 16.5. The molecule has 3 aliphatic rings. The van der Waals surface area contributed by atoms with Gasteiger partial charge in [0.1, 0.15) is 12.4 Å². The maximum absolute atomic E-state index is 11.1. The second-order valence-electron chi connectivity index (χ2n) is 10.5. The Labute approximate surface area is 190 Å². The highest BCUT2D eigenvalue weighted by Crippen LogP contribution is 2.62. The molecule has 0 aromatic heterocycles. The molecule has 6 atom stereocenters. The van der Waals surface area contributed by atoms with Crippen LogP contribution in [-0.2, 0) is 17.8 Å². The molecule has 2 N–H and O–H groups in total. The van der Waals surface area contributed by atoms with Crippen LogP contribution >= 0.6 is 0 Å². The number of rotatable bonds is 6. The van der Waals surface area contributed by atoms with Crippen LogP contribution in [-0.4, -0.2) is 22.3 Å². The molecule has 0 bridgehead atoms. The van der Waals surface area contributed by atoms with E-state index in [2.05, 4.69) is 37.3 Å². The van der Waals surface area contributed by atoms with Crippen LogP contribution in [0.2, 0.25) is 0 Å². The van der Waals surface area contributed by atoms with Crippen LogP contribution in [0.15, 0.2) is 48.5 Å². The van der Waals surface area contributed by atoms with Crippen molar-refractivity contribution in [3.05, 3.63) is 65.2 Å². The van der Waals surface area contributed by atoms with Crippen molar-refractivity contribution in [1.29, 1.82) is 0 Å². The summed E-state index contributed by atoms with van der Waals surface area (Å²) in [5, 5.41) is 20.2. The fourth-order valence-electron chi connectivity index (χ4n) is 7.13. The molecule has 3 unspecified atom stereocenters. The molecule has 0 heterocycles. The summed E-state index contributed by atoms with van der Waals surface area (Å²) >= 11 is 0. The number of aliphatic hydroxyl groups is 1. The molecule has 0 radical (unpaired) electrons. The molecular formula is C28H34O4. The summed E-state index contributed by atoms with van der Waals surface area (Å²) in [5.74, 6) is 1.92. The Morgan fingerprint density at radius 3 is 2.75 bits per heavy atom. The molecule has 170 valence electrons. The van der Waals surface area contributed by atoms with E-state index in [1.165, 1.54) is 16.7 Å². The van der Waals surface area contributed by atoms with Gasteiger partial charge in [0.15, 0.2) is 0 Å². The van der Waals surface area contributed by atoms with Gasteiger partial charge in [-0.15, -0.1) is 0 Å². The molecule has 32 heavy (non-hydrogen) atoms. The van der Waals surface area contributed by atoms with E-state index in [0.29, 0.717) is 30.8 Å². The average molecular weight is 435 g/mol. The van der Waals surface area contributed by atoms with Crippen molar-refractivity contribution in [3.63, 3.8) is 0 Å². The van der Waals surface area contributed by atoms with Gasteiger partial charge < -0.3 is 14.9 Å². The van der Waals surface area contributed by atoms with Crippen LogP contribution in [0.25, 0.3) is 0 Å². The summed E-state index contributed by atoms with van der Waals surface area (Å²) in [5.41, 5.74) is 4.00. The average Bonchev–Trinajstić information content (AvgIpc) is 3.07. The lowest BCUT2D eigenvalue weighted by atomic mass is 9.55. The number of hydrogen-bond acceptors (Lipinski definition) is 3. The van der Waals surface area contributed by atoms with E-state index in [9.17, 15) is 9.90 Å². The number of aliphatic hydroxyl groups excluding tert-OH is 1. The van der Waals surface area contributed by atoms with E-state index in [0.717, 1.165) is 37.9 Å². The van der Waals surface area contributed by atoms with E-state index in [4.69, 9.17) is 9.84 Å². The number of carbonyl (C=O) groups is 1. The van der Waals surface area contributed by atoms with E-state index in [1.54, 1.807) is 0 Å². The number of aryl methyl sites for hydroxylation is 1. The van der Waals surface area contributed by atoms with Crippen LogP contribution in [0, 0.1) is 23.2 Å². The first kappa shape index (κ1) is 21.5. The fraction of sp³-hybridized carbons (Fsp3) is 0.536. The summed E-state index contributed by atoms with van der Waals surface area (Å²) < 4.78 is 6.07. The number of hydrogen-bond donors (Lipinski definition) is 2. The van der Waals surface area contributed by atoms with E-state index >= 15 is 0 Å². The summed E-state index contributed by atoms with van der Waals surface area (Å²) in [6, 6.07) is 16.9. The molecule has 3 aliphatic carbocycles. The summed E-state index contributed by atoms with van der Waals surface area (Å²) in [6.07, 6.45) is 5.70. The Morgan fingerprint density at radius 1 is 1.16 bits per heavy atom. The van der Waals surface area contributed by atoms with Gasteiger partial charge in [-0.1, -0.05) is 43.3 Å². The molecule has 2 saturated carbocycles. The van der Waals surface area contributed by atoms with Gasteiger partial charge in [0.25, 0.3) is 0 Å². The minimum Gasteiger partial charge on any atom is -0.489 e. The van der Waals surface area contributed by atoms with Crippen molar-refractivity contribution in [2.24, 2.45) is 23.2 Å². The second-order valence-corrected chi connectivity index (χ2v) is 10.5. The van der Waals surface area contributed by atoms with Crippen LogP contribution in [0.3, 0.4) is 0 Å². The van der Waals surface area contributed by atoms with E-state index < -0.39 is 5.97 Å². The zero-order valence-electron chi connectivity index (χ0n) is 18.9. The van der Waals surface area contributed by atoms with Crippen LogP contribution in [0.4, 0.5) is 0 Å². The number of carboxylic acid groups (broad SMARTS) is 1. The SMILES string of the molecule is C[C@]12CCC3c4ccc(OCc5ccccc5)cc4CCC3C1C[C@@H](CCC(=O)O)[C@@H]2O. The topological polar surface area (TPSA) is 66.8 Å². The van der Waals surface area contributed by atoms with Gasteiger partial charge in [-0.25, -0.2) is 0 Å². The Hall–Kier alpha value is -2.33. The third kappa shape index (κ3) is 3.83. The van der Waals surface area contributed by atoms with E-state index in [-0.39, 0.29) is 23.9 Å². The molecule has 4 nitrogen and oxygen atoms in total. The van der Waals surface area contributed by atoms with Gasteiger partial charge in [0, 0.05) is 6.42 Å². The number of carboxylic acids is 1. The lowest BCUT2D eigenvalue weighted by Crippen LogP contribution is -2.44. The molecule has 5 rings (SSSR count). The Balaban J connectivity index is 1.31. The Bertz CT molecular complexity index is 971. The summed E-state index contributed by atoms with van der Waals surface area (Å²) in [4.78, 5) is 11.1. The van der Waals surface area contributed by atoms with Crippen molar-refractivity contribution in [3.8, 4) is 5.75 Å². The normalized spacial score (nSPS) is 33.1. The third-order valence-corrected chi connectivity index (χ3v) is 8.79. The summed E-state index contributed by atoms with van der Waals surface area (Å²) in [7, 11) is 0. The van der Waals surface area contributed by atoms with Gasteiger partial charge in [-0.05, 0) is 96.4 Å². The standard InChI is InChI=1S/C28H34O4/c1-28-14-13-23-22-11-9-21(32-17-18-5-3-2-4-6-18)15-19(22)7-10-24(23)25(28)16-20(27(28)31)8-12-26(29)30/h2-6,9,11,15,20,23-25,27,31H,7-8,10,12-14,16-17H2,1H3,(H,29,30)/t20-,23?,24?,25?,27+,28+/m1/s1. The van der Waals surface area contributed by atoms with Gasteiger partial charge in [-0.2, -0.15) is 0 Å². The quantitative estimate of drug-likeness (QED) is 0.623. The van der Waals surface area contributed by atoms with Crippen molar-refractivity contribution in [1.82, 2.24) is 0 Å². The first-order chi connectivity index (χ1) is 15.5. The number of aliphatic carboxylic acids is 1. The molecule has 0 saturated heterocycles. The summed E-state index contributed by atoms with van der Waals surface area (Å²) in [6.45, 7) is 2.84. The Kier molecular flexibility index (Phi) is 5.75. The highest BCUT2D eigenvalue weighted by molar-refractivity contribution is 5.66. The van der Waals surface area contributed by atoms with Crippen LogP contribution in [0.5, 0.6) is 5.75 Å². The lowest BCUT2D eigenvalue weighted by Gasteiger charge is -2.50. The van der Waals surface area contributed by atoms with Crippen molar-refractivity contribution < 1.29 is 19.7 Å². The van der Waals surface area contributed by atoms with Gasteiger partial charge >= 0.3 is 5.97 Å². The lowest BCUT2D eigenvalue weighted by molar-refractivity contribution is -0.137. The number of benzene rings is 2. The van der Waals surface area contributed by atoms with E-state index in [1.807, 2.05) is 18.2 Å². The zero-order valence-corrected chi connectivity index (χ0v) is 18.9. The third-order valence-electron chi connectivity index (χ3n) is 8.79. The fourth-order valence-corrected chi connectivity index (χ4v) is 7.13. The maximum atomic E-state index is 11.1. The number of fused-ring (bicyclic) bond motifs is 5. The predicted octanol–water partition coefficient (Wildman–Crippen LogP) is 5.57. The first-order valence-corrected chi connectivity index (χ1v) is 12.1. The molecule has 4 heteroatoms.